The first-order valence-corrected chi connectivity index (χ1v) is 8.68. The number of hydrogen-bond donors (Lipinski definition) is 2. The molecule has 0 saturated heterocycles. The van der Waals surface area contributed by atoms with Crippen molar-refractivity contribution >= 4 is 23.4 Å². The minimum Gasteiger partial charge on any atom is -0.323 e. The molecule has 0 unspecified atom stereocenters. The summed E-state index contributed by atoms with van der Waals surface area (Å²) in [5, 5.41) is 5.88. The third-order valence-corrected chi connectivity index (χ3v) is 4.66. The van der Waals surface area contributed by atoms with Crippen LogP contribution in [0.5, 0.6) is 0 Å². The third kappa shape index (κ3) is 4.09. The molecule has 2 aromatic rings. The molecule has 1 aliphatic heterocycles. The summed E-state index contributed by atoms with van der Waals surface area (Å²) in [4.78, 5) is 16.2. The van der Waals surface area contributed by atoms with Gasteiger partial charge in [-0.25, -0.2) is 4.39 Å². The van der Waals surface area contributed by atoms with E-state index >= 15 is 0 Å². The minimum atomic E-state index is -0.299. The van der Waals surface area contributed by atoms with Crippen molar-refractivity contribution in [3.63, 3.8) is 0 Å². The third-order valence-electron chi connectivity index (χ3n) is 3.69. The van der Waals surface area contributed by atoms with Gasteiger partial charge in [0.1, 0.15) is 5.82 Å². The fraction of sp³-hybridized carbons (Fsp3) is 0.294. The van der Waals surface area contributed by atoms with E-state index in [1.807, 2.05) is 24.3 Å². The van der Waals surface area contributed by atoms with Gasteiger partial charge in [0.05, 0.1) is 17.1 Å². The molecule has 1 aromatic carbocycles. The number of hydrogen-bond acceptors (Lipinski definition) is 4. The maximum absolute atomic E-state index is 14.4. The van der Waals surface area contributed by atoms with Gasteiger partial charge in [0.15, 0.2) is 0 Å². The second-order valence-electron chi connectivity index (χ2n) is 5.35. The molecule has 23 heavy (non-hydrogen) atoms. The van der Waals surface area contributed by atoms with Crippen molar-refractivity contribution in [3.8, 4) is 0 Å². The van der Waals surface area contributed by atoms with Crippen LogP contribution in [0.1, 0.15) is 16.8 Å². The standard InChI is InChI=1S/C17H18FN3OS/c18-17-14-6-8-19-9-12(14)4-5-15(17)21-16(22)11-23-10-13-3-1-2-7-20-13/h1-5,7,19H,6,8-11H2,(H,21,22). The molecule has 4 nitrogen and oxygen atoms in total. The second kappa shape index (κ2) is 7.57. The van der Waals surface area contributed by atoms with Crippen molar-refractivity contribution < 1.29 is 9.18 Å². The predicted octanol–water partition coefficient (Wildman–Crippen LogP) is 2.74. The Bertz CT molecular complexity index is 694. The number of nitrogens with one attached hydrogen (secondary N) is 2. The molecule has 0 atom stereocenters. The van der Waals surface area contributed by atoms with Crippen LogP contribution >= 0.6 is 11.8 Å². The Morgan fingerprint density at radius 3 is 3.09 bits per heavy atom. The molecular formula is C17H18FN3OS. The predicted molar refractivity (Wildman–Crippen MR) is 90.8 cm³/mol. The van der Waals surface area contributed by atoms with Crippen LogP contribution in [0.3, 0.4) is 0 Å². The van der Waals surface area contributed by atoms with E-state index in [1.54, 1.807) is 12.3 Å². The largest absolute Gasteiger partial charge is 0.323 e. The van der Waals surface area contributed by atoms with Gasteiger partial charge in [0.2, 0.25) is 5.91 Å². The Morgan fingerprint density at radius 1 is 1.35 bits per heavy atom. The number of halogens is 1. The molecule has 0 bridgehead atoms. The summed E-state index contributed by atoms with van der Waals surface area (Å²) in [7, 11) is 0. The smallest absolute Gasteiger partial charge is 0.234 e. The lowest BCUT2D eigenvalue weighted by atomic mass is 9.99. The summed E-state index contributed by atoms with van der Waals surface area (Å²) in [5.74, 6) is 0.437. The number of fused-ring (bicyclic) bond motifs is 1. The maximum Gasteiger partial charge on any atom is 0.234 e. The molecule has 2 N–H and O–H groups in total. The number of pyridine rings is 1. The van der Waals surface area contributed by atoms with Gasteiger partial charge in [0.25, 0.3) is 0 Å². The Hall–Kier alpha value is -1.92. The molecular weight excluding hydrogens is 313 g/mol. The first kappa shape index (κ1) is 16.0. The van der Waals surface area contributed by atoms with Crippen LogP contribution in [-0.4, -0.2) is 23.2 Å². The van der Waals surface area contributed by atoms with Crippen LogP contribution in [0, 0.1) is 5.82 Å². The van der Waals surface area contributed by atoms with Gasteiger partial charge in [-0.3, -0.25) is 9.78 Å². The molecule has 3 rings (SSSR count). The average molecular weight is 331 g/mol. The van der Waals surface area contributed by atoms with Gasteiger partial charge in [-0.05, 0) is 42.3 Å². The average Bonchev–Trinajstić information content (AvgIpc) is 2.59. The lowest BCUT2D eigenvalue weighted by Crippen LogP contribution is -2.25. The van der Waals surface area contributed by atoms with Crippen molar-refractivity contribution in [2.24, 2.45) is 0 Å². The molecule has 0 radical (unpaired) electrons. The number of rotatable bonds is 5. The van der Waals surface area contributed by atoms with Gasteiger partial charge in [0, 0.05) is 18.5 Å². The van der Waals surface area contributed by atoms with Crippen molar-refractivity contribution in [3.05, 3.63) is 59.2 Å². The molecule has 0 fully saturated rings. The van der Waals surface area contributed by atoms with Crippen LogP contribution in [-0.2, 0) is 23.5 Å². The van der Waals surface area contributed by atoms with E-state index in [2.05, 4.69) is 15.6 Å². The zero-order valence-corrected chi connectivity index (χ0v) is 13.5. The van der Waals surface area contributed by atoms with Crippen molar-refractivity contribution in [1.29, 1.82) is 0 Å². The number of carbonyl (C=O) groups excluding carboxylic acids is 1. The van der Waals surface area contributed by atoms with E-state index in [-0.39, 0.29) is 23.2 Å². The fourth-order valence-corrected chi connectivity index (χ4v) is 3.29. The molecule has 6 heteroatoms. The summed E-state index contributed by atoms with van der Waals surface area (Å²) < 4.78 is 14.4. The topological polar surface area (TPSA) is 54.0 Å². The van der Waals surface area contributed by atoms with E-state index in [0.29, 0.717) is 24.3 Å². The Kier molecular flexibility index (Phi) is 5.25. The Morgan fingerprint density at radius 2 is 2.26 bits per heavy atom. The van der Waals surface area contributed by atoms with Gasteiger partial charge in [-0.15, -0.1) is 11.8 Å². The molecule has 2 heterocycles. The summed E-state index contributed by atoms with van der Waals surface area (Å²) in [6.45, 7) is 1.45. The van der Waals surface area contributed by atoms with Crippen molar-refractivity contribution in [1.82, 2.24) is 10.3 Å². The first-order valence-electron chi connectivity index (χ1n) is 7.52. The van der Waals surface area contributed by atoms with Crippen molar-refractivity contribution in [2.45, 2.75) is 18.7 Å². The highest BCUT2D eigenvalue weighted by molar-refractivity contribution is 7.99. The number of anilines is 1. The van der Waals surface area contributed by atoms with Gasteiger partial charge in [-0.1, -0.05) is 12.1 Å². The quantitative estimate of drug-likeness (QED) is 0.884. The zero-order chi connectivity index (χ0) is 16.1. The van der Waals surface area contributed by atoms with Crippen LogP contribution in [0.4, 0.5) is 10.1 Å². The number of aromatic nitrogens is 1. The van der Waals surface area contributed by atoms with Crippen LogP contribution < -0.4 is 10.6 Å². The highest BCUT2D eigenvalue weighted by atomic mass is 32.2. The Labute approximate surface area is 138 Å². The normalized spacial score (nSPS) is 13.4. The fourth-order valence-electron chi connectivity index (χ4n) is 2.55. The van der Waals surface area contributed by atoms with Gasteiger partial charge >= 0.3 is 0 Å². The molecule has 0 spiro atoms. The van der Waals surface area contributed by atoms with Crippen LogP contribution in [0.25, 0.3) is 0 Å². The summed E-state index contributed by atoms with van der Waals surface area (Å²) in [5.41, 5.74) is 2.88. The number of amides is 1. The number of nitrogens with zero attached hydrogens (tertiary/aromatic N) is 1. The van der Waals surface area contributed by atoms with E-state index in [1.165, 1.54) is 11.8 Å². The van der Waals surface area contributed by atoms with Crippen LogP contribution in [0.15, 0.2) is 36.5 Å². The second-order valence-corrected chi connectivity index (χ2v) is 6.34. The summed E-state index contributed by atoms with van der Waals surface area (Å²) in [6, 6.07) is 9.21. The van der Waals surface area contributed by atoms with Crippen LogP contribution in [0.2, 0.25) is 0 Å². The lowest BCUT2D eigenvalue weighted by molar-refractivity contribution is -0.113. The minimum absolute atomic E-state index is 0.196. The molecule has 1 aromatic heterocycles. The maximum atomic E-state index is 14.4. The lowest BCUT2D eigenvalue weighted by Gasteiger charge is -2.19. The van der Waals surface area contributed by atoms with Gasteiger partial charge in [-0.2, -0.15) is 0 Å². The highest BCUT2D eigenvalue weighted by Crippen LogP contribution is 2.24. The molecule has 1 amide bonds. The number of benzene rings is 1. The van der Waals surface area contributed by atoms with E-state index in [4.69, 9.17) is 0 Å². The van der Waals surface area contributed by atoms with Crippen molar-refractivity contribution in [2.75, 3.05) is 17.6 Å². The number of thioether (sulfide) groups is 1. The first-order chi connectivity index (χ1) is 11.2. The highest BCUT2D eigenvalue weighted by Gasteiger charge is 2.17. The monoisotopic (exact) mass is 331 g/mol. The van der Waals surface area contributed by atoms with E-state index < -0.39 is 0 Å². The molecule has 0 aliphatic carbocycles. The SMILES string of the molecule is O=C(CSCc1ccccn1)Nc1ccc2c(c1F)CCNC2. The summed E-state index contributed by atoms with van der Waals surface area (Å²) >= 11 is 1.46. The molecule has 120 valence electrons. The van der Waals surface area contributed by atoms with Gasteiger partial charge < -0.3 is 10.6 Å². The Balaban J connectivity index is 1.56. The summed E-state index contributed by atoms with van der Waals surface area (Å²) in [6.07, 6.45) is 2.38. The van der Waals surface area contributed by atoms with E-state index in [0.717, 1.165) is 17.8 Å². The number of carbonyl (C=O) groups is 1. The molecule has 0 saturated carbocycles. The zero-order valence-electron chi connectivity index (χ0n) is 12.6. The molecule has 1 aliphatic rings. The van der Waals surface area contributed by atoms with E-state index in [9.17, 15) is 9.18 Å².